The summed E-state index contributed by atoms with van der Waals surface area (Å²) in [5.74, 6) is -0.165. The highest BCUT2D eigenvalue weighted by Crippen LogP contribution is 2.41. The fraction of sp³-hybridized carbons (Fsp3) is 0.286. The molecule has 0 radical (unpaired) electrons. The Balaban J connectivity index is 1.28. The molecule has 0 atom stereocenters. The van der Waals surface area contributed by atoms with Crippen molar-refractivity contribution in [3.05, 3.63) is 57.7 Å². The molecule has 3 heterocycles. The molecule has 1 fully saturated rings. The topological polar surface area (TPSA) is 60.9 Å². The average molecular weight is 462 g/mol. The maximum absolute atomic E-state index is 13.1. The standard InChI is InChI=1S/C21H20ClN3O3S2/c22-19-8-7-16(29-19)13-23-9-11-24(12-10-23)20(26)14-25-17-5-1-3-15-4-2-6-18(21(15)17)30(25,27)28/h1-8H,9-14H2. The van der Waals surface area contributed by atoms with E-state index in [1.54, 1.807) is 34.4 Å². The van der Waals surface area contributed by atoms with Crippen LogP contribution in [0.25, 0.3) is 10.8 Å². The summed E-state index contributed by atoms with van der Waals surface area (Å²) >= 11 is 7.57. The van der Waals surface area contributed by atoms with Crippen LogP contribution in [0.1, 0.15) is 4.88 Å². The average Bonchev–Trinajstić information content (AvgIpc) is 3.24. The second-order valence-corrected chi connectivity index (χ2v) is 11.1. The number of hydrogen-bond acceptors (Lipinski definition) is 5. The van der Waals surface area contributed by atoms with Crippen LogP contribution in [-0.4, -0.2) is 56.8 Å². The van der Waals surface area contributed by atoms with E-state index in [0.29, 0.717) is 24.2 Å². The third-order valence-electron chi connectivity index (χ3n) is 5.69. The third kappa shape index (κ3) is 3.37. The van der Waals surface area contributed by atoms with E-state index in [2.05, 4.69) is 4.90 Å². The Hall–Kier alpha value is -2.13. The molecule has 0 unspecified atom stereocenters. The molecule has 1 amide bonds. The van der Waals surface area contributed by atoms with Crippen molar-refractivity contribution < 1.29 is 13.2 Å². The molecule has 2 aromatic carbocycles. The van der Waals surface area contributed by atoms with Gasteiger partial charge in [0.15, 0.2) is 0 Å². The fourth-order valence-corrected chi connectivity index (χ4v) is 6.95. The van der Waals surface area contributed by atoms with Gasteiger partial charge in [0.25, 0.3) is 10.0 Å². The van der Waals surface area contributed by atoms with Gasteiger partial charge in [-0.15, -0.1) is 11.3 Å². The van der Waals surface area contributed by atoms with Gasteiger partial charge in [-0.1, -0.05) is 35.9 Å². The number of anilines is 1. The molecule has 2 aliphatic heterocycles. The summed E-state index contributed by atoms with van der Waals surface area (Å²) in [5, 5.41) is 1.57. The number of piperazine rings is 1. The van der Waals surface area contributed by atoms with Crippen LogP contribution >= 0.6 is 22.9 Å². The molecule has 156 valence electrons. The van der Waals surface area contributed by atoms with E-state index in [1.807, 2.05) is 30.3 Å². The predicted molar refractivity (Wildman–Crippen MR) is 120 cm³/mol. The van der Waals surface area contributed by atoms with E-state index in [4.69, 9.17) is 11.6 Å². The molecule has 6 nitrogen and oxygen atoms in total. The monoisotopic (exact) mass is 461 g/mol. The summed E-state index contributed by atoms with van der Waals surface area (Å²) in [6.45, 7) is 3.33. The number of sulfonamides is 1. The number of amides is 1. The van der Waals surface area contributed by atoms with Crippen molar-refractivity contribution in [2.24, 2.45) is 0 Å². The van der Waals surface area contributed by atoms with E-state index >= 15 is 0 Å². The Morgan fingerprint density at radius 3 is 2.43 bits per heavy atom. The number of hydrogen-bond donors (Lipinski definition) is 0. The number of carbonyl (C=O) groups is 1. The lowest BCUT2D eigenvalue weighted by Gasteiger charge is -2.35. The van der Waals surface area contributed by atoms with Crippen molar-refractivity contribution in [2.75, 3.05) is 37.0 Å². The van der Waals surface area contributed by atoms with Crippen molar-refractivity contribution >= 4 is 55.3 Å². The van der Waals surface area contributed by atoms with Crippen LogP contribution in [0.2, 0.25) is 4.34 Å². The van der Waals surface area contributed by atoms with Gasteiger partial charge in [0.05, 0.1) is 14.9 Å². The maximum Gasteiger partial charge on any atom is 0.265 e. The van der Waals surface area contributed by atoms with Gasteiger partial charge in [-0.05, 0) is 29.7 Å². The second-order valence-electron chi connectivity index (χ2n) is 7.51. The van der Waals surface area contributed by atoms with Gasteiger partial charge in [0.1, 0.15) is 6.54 Å². The smallest absolute Gasteiger partial charge is 0.265 e. The molecule has 0 bridgehead atoms. The molecule has 5 rings (SSSR count). The molecular formula is C21H20ClN3O3S2. The molecule has 0 saturated carbocycles. The largest absolute Gasteiger partial charge is 0.339 e. The number of rotatable bonds is 4. The van der Waals surface area contributed by atoms with Gasteiger partial charge in [-0.25, -0.2) is 8.42 Å². The van der Waals surface area contributed by atoms with Crippen molar-refractivity contribution in [1.82, 2.24) is 9.80 Å². The SMILES string of the molecule is O=C(CN1c2cccc3cccc(c23)S1(=O)=O)N1CCN(Cc2ccc(Cl)s2)CC1. The second kappa shape index (κ2) is 7.53. The minimum absolute atomic E-state index is 0.165. The van der Waals surface area contributed by atoms with Gasteiger partial charge in [0.2, 0.25) is 5.91 Å². The Labute approximate surface area is 184 Å². The van der Waals surface area contributed by atoms with Gasteiger partial charge in [-0.2, -0.15) is 0 Å². The molecule has 1 aromatic heterocycles. The fourth-order valence-electron chi connectivity index (χ4n) is 4.16. The van der Waals surface area contributed by atoms with E-state index in [0.717, 1.165) is 29.4 Å². The summed E-state index contributed by atoms with van der Waals surface area (Å²) in [7, 11) is -3.72. The van der Waals surface area contributed by atoms with Crippen molar-refractivity contribution in [3.63, 3.8) is 0 Å². The molecule has 3 aromatic rings. The van der Waals surface area contributed by atoms with E-state index in [-0.39, 0.29) is 17.3 Å². The van der Waals surface area contributed by atoms with Gasteiger partial charge < -0.3 is 4.90 Å². The minimum atomic E-state index is -3.72. The molecule has 2 aliphatic rings. The third-order valence-corrected chi connectivity index (χ3v) is 8.71. The highest BCUT2D eigenvalue weighted by atomic mass is 35.5. The first-order chi connectivity index (χ1) is 14.4. The Bertz CT molecular complexity index is 1230. The number of halogens is 1. The first kappa shape index (κ1) is 19.8. The van der Waals surface area contributed by atoms with E-state index in [9.17, 15) is 13.2 Å². The summed E-state index contributed by atoms with van der Waals surface area (Å²) in [6, 6.07) is 14.7. The van der Waals surface area contributed by atoms with Crippen LogP contribution in [0.3, 0.4) is 0 Å². The number of carbonyl (C=O) groups excluding carboxylic acids is 1. The summed E-state index contributed by atoms with van der Waals surface area (Å²) in [6.07, 6.45) is 0. The predicted octanol–water partition coefficient (Wildman–Crippen LogP) is 3.41. The van der Waals surface area contributed by atoms with Crippen molar-refractivity contribution in [2.45, 2.75) is 11.4 Å². The molecule has 1 saturated heterocycles. The Kier molecular flexibility index (Phi) is 4.97. The van der Waals surface area contributed by atoms with Crippen LogP contribution in [-0.2, 0) is 21.4 Å². The Morgan fingerprint density at radius 2 is 1.73 bits per heavy atom. The molecular weight excluding hydrogens is 442 g/mol. The van der Waals surface area contributed by atoms with Crippen LogP contribution in [0, 0.1) is 0 Å². The number of thiophene rings is 1. The van der Waals surface area contributed by atoms with Crippen LogP contribution in [0.5, 0.6) is 0 Å². The minimum Gasteiger partial charge on any atom is -0.339 e. The zero-order valence-electron chi connectivity index (χ0n) is 16.1. The maximum atomic E-state index is 13.1. The summed E-state index contributed by atoms with van der Waals surface area (Å²) in [5.41, 5.74) is 0.588. The number of benzene rings is 2. The summed E-state index contributed by atoms with van der Waals surface area (Å²) in [4.78, 5) is 18.5. The van der Waals surface area contributed by atoms with Gasteiger partial charge in [-0.3, -0.25) is 14.0 Å². The lowest BCUT2D eigenvalue weighted by molar-refractivity contribution is -0.131. The Morgan fingerprint density at radius 1 is 1.00 bits per heavy atom. The van der Waals surface area contributed by atoms with Crippen molar-refractivity contribution in [3.8, 4) is 0 Å². The molecule has 0 spiro atoms. The van der Waals surface area contributed by atoms with Crippen LogP contribution in [0.4, 0.5) is 5.69 Å². The molecule has 30 heavy (non-hydrogen) atoms. The normalized spacial score (nSPS) is 18.3. The van der Waals surface area contributed by atoms with Crippen molar-refractivity contribution in [1.29, 1.82) is 0 Å². The van der Waals surface area contributed by atoms with Gasteiger partial charge >= 0.3 is 0 Å². The number of nitrogens with zero attached hydrogens (tertiary/aromatic N) is 3. The molecule has 0 N–H and O–H groups in total. The van der Waals surface area contributed by atoms with E-state index < -0.39 is 10.0 Å². The van der Waals surface area contributed by atoms with Gasteiger partial charge in [0, 0.05) is 43.0 Å². The molecule has 9 heteroatoms. The zero-order valence-corrected chi connectivity index (χ0v) is 18.5. The molecule has 0 aliphatic carbocycles. The van der Waals surface area contributed by atoms with E-state index in [1.165, 1.54) is 9.18 Å². The quantitative estimate of drug-likeness (QED) is 0.597. The first-order valence-electron chi connectivity index (χ1n) is 9.72. The lowest BCUT2D eigenvalue weighted by Crippen LogP contribution is -2.51. The first-order valence-corrected chi connectivity index (χ1v) is 12.4. The summed E-state index contributed by atoms with van der Waals surface area (Å²) < 4.78 is 28.2. The highest BCUT2D eigenvalue weighted by molar-refractivity contribution is 7.93. The lowest BCUT2D eigenvalue weighted by atomic mass is 10.1. The van der Waals surface area contributed by atoms with Crippen LogP contribution < -0.4 is 4.31 Å². The highest BCUT2D eigenvalue weighted by Gasteiger charge is 2.37. The zero-order chi connectivity index (χ0) is 20.9. The van der Waals surface area contributed by atoms with Crippen LogP contribution in [0.15, 0.2) is 53.4 Å².